The van der Waals surface area contributed by atoms with Gasteiger partial charge in [0.2, 0.25) is 70.9 Å². The van der Waals surface area contributed by atoms with Gasteiger partial charge in [0.15, 0.2) is 0 Å². The molecule has 12 amide bonds. The Labute approximate surface area is 642 Å². The molecule has 11 atom stereocenters. The molecular formula is C80H113F5N12O13. The van der Waals surface area contributed by atoms with Crippen molar-refractivity contribution in [2.75, 3.05) is 88.2 Å². The molecule has 5 heterocycles. The van der Waals surface area contributed by atoms with E-state index in [1.165, 1.54) is 76.6 Å². The molecule has 2 aromatic carbocycles. The summed E-state index contributed by atoms with van der Waals surface area (Å²) in [6.07, 6.45) is 2.48. The normalized spacial score (nSPS) is 27.8. The third-order valence-electron chi connectivity index (χ3n) is 24.2. The summed E-state index contributed by atoms with van der Waals surface area (Å²) < 4.78 is 78.5. The molecule has 7 aliphatic rings. The molecule has 0 aromatic heterocycles. The number of hydrogen-bond acceptors (Lipinski definition) is 13. The van der Waals surface area contributed by atoms with E-state index in [2.05, 4.69) is 10.6 Å². The summed E-state index contributed by atoms with van der Waals surface area (Å²) in [6.45, 7) is 8.84. The van der Waals surface area contributed by atoms with Crippen LogP contribution in [0.15, 0.2) is 48.6 Å². The number of amides is 12. The van der Waals surface area contributed by atoms with Gasteiger partial charge in [-0.05, 0) is 145 Å². The van der Waals surface area contributed by atoms with E-state index >= 15 is 61.5 Å². The third kappa shape index (κ3) is 19.0. The quantitative estimate of drug-likeness (QED) is 0.159. The maximum atomic E-state index is 15.9. The van der Waals surface area contributed by atoms with E-state index in [9.17, 15) is 18.0 Å². The molecule has 2 bridgehead atoms. The van der Waals surface area contributed by atoms with Crippen LogP contribution >= 0.6 is 0 Å². The summed E-state index contributed by atoms with van der Waals surface area (Å²) in [5, 5.41) is 5.66. The van der Waals surface area contributed by atoms with Crippen LogP contribution in [0.2, 0.25) is 0 Å². The monoisotopic (exact) mass is 1540 g/mol. The van der Waals surface area contributed by atoms with Crippen LogP contribution in [0.5, 0.6) is 0 Å². The van der Waals surface area contributed by atoms with Crippen LogP contribution in [0, 0.1) is 30.4 Å². The van der Waals surface area contributed by atoms with Gasteiger partial charge in [-0.2, -0.15) is 13.2 Å². The van der Waals surface area contributed by atoms with Crippen molar-refractivity contribution in [3.05, 3.63) is 82.4 Å². The highest BCUT2D eigenvalue weighted by Gasteiger charge is 2.57. The summed E-state index contributed by atoms with van der Waals surface area (Å²) in [7, 11) is 8.52. The van der Waals surface area contributed by atoms with Crippen molar-refractivity contribution in [1.29, 1.82) is 0 Å². The first-order chi connectivity index (χ1) is 52.2. The van der Waals surface area contributed by atoms with Crippen LogP contribution in [0.1, 0.15) is 178 Å². The van der Waals surface area contributed by atoms with Gasteiger partial charge in [-0.3, -0.25) is 57.5 Å². The average molecular weight is 1550 g/mol. The third-order valence-corrected chi connectivity index (χ3v) is 24.2. The number of likely N-dealkylation sites (N-methyl/N-ethyl adjacent to an activating group) is 6. The molecule has 2 aromatic rings. The van der Waals surface area contributed by atoms with E-state index < -0.39 is 198 Å². The molecule has 606 valence electrons. The lowest BCUT2D eigenvalue weighted by Gasteiger charge is -2.51. The molecule has 0 unspecified atom stereocenters. The van der Waals surface area contributed by atoms with E-state index in [-0.39, 0.29) is 83.2 Å². The van der Waals surface area contributed by atoms with Crippen molar-refractivity contribution in [3.8, 4) is 0 Å². The number of halogens is 5. The maximum Gasteiger partial charge on any atom is 0.422 e. The van der Waals surface area contributed by atoms with E-state index in [4.69, 9.17) is 4.74 Å². The van der Waals surface area contributed by atoms with Gasteiger partial charge < -0.3 is 64.4 Å². The first kappa shape index (κ1) is 85.4. The second-order valence-electron chi connectivity index (χ2n) is 31.4. The SMILES string of the molecule is CCC[C@H]1C(=O)N[C@@H]([C@@H](C)CC)C(=O)N2CCC[C@H]2C(=O)N(C)[C@H]2C/C=C\CCN(C2=O)[C@@H](Cc2ccc(C)cc2)C(=O)N(C)CC(=O)N[C@@H](CCc2cc(F)c(C(F)(F)F)c(F)c2)C(=O)N2C[C@H](OCC)C[C@H]2C(=O)N(C)C2(CCC2)C(=O)N(C)[C@@H](C2CCCC2)C(=O)N(C)[C@H](C(=O)N2CCCCC2)CC(=O)N1C. The van der Waals surface area contributed by atoms with Crippen LogP contribution in [-0.4, -0.2) is 274 Å². The average Bonchev–Trinajstić information content (AvgIpc) is 1.19. The number of nitrogens with zero attached hydrogens (tertiary/aromatic N) is 10. The first-order valence-electron chi connectivity index (χ1n) is 39.5. The smallest absolute Gasteiger partial charge is 0.377 e. The number of rotatable bonds is 13. The van der Waals surface area contributed by atoms with Crippen molar-refractivity contribution in [1.82, 2.24) is 59.6 Å². The van der Waals surface area contributed by atoms with Crippen LogP contribution in [0.3, 0.4) is 0 Å². The standard InChI is InChI=1S/C80H113F5N12O13/c1-12-25-58-69(100)87-67(50(5)13-2)76(107)95-41-23-29-60(95)72(103)90(8)59-28-17-15-22-40-96(75(59)106)62(44-51-32-30-49(4)31-33-51)71(102)88(6)48-64(98)86-57(35-34-52-42-55(81)66(56(82)43-52)80(83,84)85)70(101)97-47-54(110-14-3)45-63(97)73(104)93(11)79(36-24-37-79)78(109)92(10)68(53-26-18-19-27-53)77(108)91(9)61(46-65(99)89(58)7)74(105)94-38-20-16-21-39-94/h15,17,30-33,42-43,50,53-54,57-63,67-68H,12-14,16,18-29,34-41,44-48H2,1-11H3,(H,86,98)(H,87,100)/b17-15-/t50-,54+,57-,58-,59-,60-,61-,62-,63-,67-,68-/m0/s1. The molecule has 6 fully saturated rings. The van der Waals surface area contributed by atoms with E-state index in [1.54, 1.807) is 37.0 Å². The zero-order valence-electron chi connectivity index (χ0n) is 65.7. The Morgan fingerprint density at radius 2 is 1.30 bits per heavy atom. The number of likely N-dealkylation sites (tertiary alicyclic amines) is 1. The number of hydrogen-bond donors (Lipinski definition) is 2. The summed E-state index contributed by atoms with van der Waals surface area (Å²) in [6, 6.07) is -3.79. The molecule has 9 rings (SSSR count). The minimum absolute atomic E-state index is 0.0120. The number of nitrogens with one attached hydrogen (secondary N) is 2. The molecule has 1 spiro atoms. The Morgan fingerprint density at radius 3 is 1.91 bits per heavy atom. The topological polar surface area (TPSA) is 271 Å². The number of fused-ring (bicyclic) bond motifs is 4. The molecule has 4 saturated heterocycles. The minimum atomic E-state index is -5.41. The summed E-state index contributed by atoms with van der Waals surface area (Å²) in [4.78, 5) is 198. The predicted molar refractivity (Wildman–Crippen MR) is 397 cm³/mol. The summed E-state index contributed by atoms with van der Waals surface area (Å²) in [5.41, 5.74) is -2.58. The van der Waals surface area contributed by atoms with Gasteiger partial charge in [0.1, 0.15) is 77.1 Å². The number of carbonyl (C=O) groups excluding carboxylic acids is 12. The van der Waals surface area contributed by atoms with Gasteiger partial charge in [-0.15, -0.1) is 0 Å². The molecule has 30 heteroatoms. The molecule has 2 aliphatic carbocycles. The zero-order valence-corrected chi connectivity index (χ0v) is 65.7. The molecule has 0 radical (unpaired) electrons. The molecule has 2 N–H and O–H groups in total. The largest absolute Gasteiger partial charge is 0.422 e. The number of piperidine rings is 1. The molecule has 2 saturated carbocycles. The molecule has 25 nitrogen and oxygen atoms in total. The lowest BCUT2D eigenvalue weighted by Crippen LogP contribution is -2.68. The van der Waals surface area contributed by atoms with Crippen molar-refractivity contribution in [2.45, 2.75) is 248 Å². The lowest BCUT2D eigenvalue weighted by atomic mass is 9.73. The van der Waals surface area contributed by atoms with Crippen LogP contribution < -0.4 is 10.6 Å². The van der Waals surface area contributed by atoms with E-state index in [0.717, 1.165) is 21.8 Å². The Balaban J connectivity index is 1.14. The Kier molecular flexibility index (Phi) is 28.9. The van der Waals surface area contributed by atoms with Crippen LogP contribution in [-0.2, 0) is 81.3 Å². The second-order valence-corrected chi connectivity index (χ2v) is 31.4. The van der Waals surface area contributed by atoms with Crippen molar-refractivity contribution in [3.63, 3.8) is 0 Å². The highest BCUT2D eigenvalue weighted by molar-refractivity contribution is 6.01. The van der Waals surface area contributed by atoms with Crippen LogP contribution in [0.4, 0.5) is 22.0 Å². The number of alkyl halides is 3. The van der Waals surface area contributed by atoms with E-state index in [1.807, 2.05) is 39.0 Å². The van der Waals surface area contributed by atoms with Gasteiger partial charge in [0.05, 0.1) is 19.1 Å². The van der Waals surface area contributed by atoms with Gasteiger partial charge in [0.25, 0.3) is 0 Å². The van der Waals surface area contributed by atoms with Crippen LogP contribution in [0.25, 0.3) is 0 Å². The number of ether oxygens (including phenoxy) is 1. The second kappa shape index (κ2) is 37.2. The Morgan fingerprint density at radius 1 is 0.636 bits per heavy atom. The Hall–Kier alpha value is -8.57. The number of aryl methyl sites for hydroxylation is 2. The fraction of sp³-hybridized carbons (Fsp3) is 0.675. The van der Waals surface area contributed by atoms with Crippen molar-refractivity contribution >= 4 is 70.9 Å². The zero-order chi connectivity index (χ0) is 80.4. The van der Waals surface area contributed by atoms with Gasteiger partial charge in [0, 0.05) is 94.5 Å². The number of benzene rings is 2. The van der Waals surface area contributed by atoms with Gasteiger partial charge in [-0.1, -0.05) is 88.4 Å². The first-order valence-corrected chi connectivity index (χ1v) is 39.5. The summed E-state index contributed by atoms with van der Waals surface area (Å²) in [5.74, 6) is -13.1. The fourth-order valence-electron chi connectivity index (χ4n) is 17.3. The summed E-state index contributed by atoms with van der Waals surface area (Å²) >= 11 is 0. The van der Waals surface area contributed by atoms with E-state index in [0.29, 0.717) is 95.0 Å². The predicted octanol–water partition coefficient (Wildman–Crippen LogP) is 6.58. The van der Waals surface area contributed by atoms with Crippen molar-refractivity contribution < 1.29 is 84.2 Å². The van der Waals surface area contributed by atoms with Gasteiger partial charge >= 0.3 is 6.18 Å². The lowest BCUT2D eigenvalue weighted by molar-refractivity contribution is -0.166. The van der Waals surface area contributed by atoms with Gasteiger partial charge in [-0.25, -0.2) is 8.78 Å². The number of carbonyl (C=O) groups is 12. The minimum Gasteiger partial charge on any atom is -0.377 e. The van der Waals surface area contributed by atoms with Crippen molar-refractivity contribution in [2.24, 2.45) is 11.8 Å². The maximum absolute atomic E-state index is 15.9. The Bertz CT molecular complexity index is 3710. The molecule has 5 aliphatic heterocycles. The highest BCUT2D eigenvalue weighted by Crippen LogP contribution is 2.43. The molecular weight excluding hydrogens is 1430 g/mol. The molecule has 110 heavy (non-hydrogen) atoms. The fourth-order valence-corrected chi connectivity index (χ4v) is 17.3. The highest BCUT2D eigenvalue weighted by atomic mass is 19.4.